The van der Waals surface area contributed by atoms with Crippen molar-refractivity contribution in [2.24, 2.45) is 7.05 Å². The highest BCUT2D eigenvalue weighted by molar-refractivity contribution is 7.89. The zero-order valence-electron chi connectivity index (χ0n) is 12.8. The molecule has 0 bridgehead atoms. The van der Waals surface area contributed by atoms with Crippen LogP contribution in [0.3, 0.4) is 0 Å². The van der Waals surface area contributed by atoms with Gasteiger partial charge in [0, 0.05) is 19.3 Å². The van der Waals surface area contributed by atoms with Crippen LogP contribution in [0, 0.1) is 20.8 Å². The van der Waals surface area contributed by atoms with Crippen LogP contribution in [0.4, 0.5) is 0 Å². The molecule has 0 saturated heterocycles. The van der Waals surface area contributed by atoms with E-state index in [-0.39, 0.29) is 0 Å². The van der Waals surface area contributed by atoms with Crippen LogP contribution in [0.2, 0.25) is 0 Å². The standard InChI is InChI=1S/C15H21N3O2S/c1-11-7-5-6-8-15(11)21(19,20)16-10-9-14-12(2)17-18(4)13(14)3/h5-8,16H,9-10H2,1-4H3. The Morgan fingerprint density at radius 1 is 1.19 bits per heavy atom. The molecule has 0 atom stereocenters. The van der Waals surface area contributed by atoms with Crippen LogP contribution >= 0.6 is 0 Å². The van der Waals surface area contributed by atoms with Crippen LogP contribution in [-0.4, -0.2) is 24.7 Å². The lowest BCUT2D eigenvalue weighted by Gasteiger charge is -2.09. The molecule has 1 N–H and O–H groups in total. The number of nitrogens with one attached hydrogen (secondary N) is 1. The van der Waals surface area contributed by atoms with Crippen LogP contribution in [0.5, 0.6) is 0 Å². The number of hydrogen-bond acceptors (Lipinski definition) is 3. The van der Waals surface area contributed by atoms with E-state index in [1.807, 2.05) is 31.6 Å². The van der Waals surface area contributed by atoms with Crippen molar-refractivity contribution in [3.8, 4) is 0 Å². The summed E-state index contributed by atoms with van der Waals surface area (Å²) in [6.45, 7) is 6.09. The zero-order valence-corrected chi connectivity index (χ0v) is 13.7. The first-order valence-corrected chi connectivity index (χ1v) is 8.35. The zero-order chi connectivity index (χ0) is 15.6. The summed E-state index contributed by atoms with van der Waals surface area (Å²) in [5.74, 6) is 0. The third kappa shape index (κ3) is 3.33. The Morgan fingerprint density at radius 2 is 1.86 bits per heavy atom. The molecular formula is C15H21N3O2S. The summed E-state index contributed by atoms with van der Waals surface area (Å²) < 4.78 is 29.1. The Morgan fingerprint density at radius 3 is 2.43 bits per heavy atom. The molecule has 114 valence electrons. The summed E-state index contributed by atoms with van der Waals surface area (Å²) >= 11 is 0. The Hall–Kier alpha value is -1.66. The number of aryl methyl sites for hydroxylation is 3. The van der Waals surface area contributed by atoms with Gasteiger partial charge in [-0.3, -0.25) is 4.68 Å². The van der Waals surface area contributed by atoms with Crippen LogP contribution in [0.15, 0.2) is 29.2 Å². The van der Waals surface area contributed by atoms with Crippen molar-refractivity contribution < 1.29 is 8.42 Å². The molecule has 0 aliphatic carbocycles. The van der Waals surface area contributed by atoms with Gasteiger partial charge in [0.2, 0.25) is 10.0 Å². The summed E-state index contributed by atoms with van der Waals surface area (Å²) in [5, 5.41) is 4.34. The van der Waals surface area contributed by atoms with E-state index in [0.717, 1.165) is 22.5 Å². The van der Waals surface area contributed by atoms with Crippen molar-refractivity contribution >= 4 is 10.0 Å². The lowest BCUT2D eigenvalue weighted by atomic mass is 10.1. The second kappa shape index (κ2) is 5.99. The highest BCUT2D eigenvalue weighted by Crippen LogP contribution is 2.15. The lowest BCUT2D eigenvalue weighted by Crippen LogP contribution is -2.26. The van der Waals surface area contributed by atoms with Crippen molar-refractivity contribution in [3.05, 3.63) is 46.8 Å². The predicted molar refractivity (Wildman–Crippen MR) is 82.8 cm³/mol. The van der Waals surface area contributed by atoms with E-state index in [0.29, 0.717) is 17.9 Å². The van der Waals surface area contributed by atoms with Crippen LogP contribution in [0.25, 0.3) is 0 Å². The maximum Gasteiger partial charge on any atom is 0.240 e. The minimum absolute atomic E-state index is 0.338. The van der Waals surface area contributed by atoms with Crippen molar-refractivity contribution in [1.82, 2.24) is 14.5 Å². The molecule has 0 saturated carbocycles. The van der Waals surface area contributed by atoms with Gasteiger partial charge in [0.05, 0.1) is 10.6 Å². The van der Waals surface area contributed by atoms with E-state index in [4.69, 9.17) is 0 Å². The summed E-state index contributed by atoms with van der Waals surface area (Å²) in [6, 6.07) is 6.98. The molecule has 1 heterocycles. The molecule has 5 nitrogen and oxygen atoms in total. The molecule has 6 heteroatoms. The number of benzene rings is 1. The SMILES string of the molecule is Cc1ccccc1S(=O)(=O)NCCc1c(C)nn(C)c1C. The van der Waals surface area contributed by atoms with Gasteiger partial charge in [-0.15, -0.1) is 0 Å². The van der Waals surface area contributed by atoms with Gasteiger partial charge in [-0.2, -0.15) is 5.10 Å². The van der Waals surface area contributed by atoms with E-state index in [2.05, 4.69) is 9.82 Å². The molecule has 0 aliphatic heterocycles. The number of hydrogen-bond donors (Lipinski definition) is 1. The maximum atomic E-state index is 12.3. The van der Waals surface area contributed by atoms with Gasteiger partial charge in [-0.05, 0) is 44.4 Å². The average molecular weight is 307 g/mol. The second-order valence-electron chi connectivity index (χ2n) is 5.19. The third-order valence-electron chi connectivity index (χ3n) is 3.71. The van der Waals surface area contributed by atoms with Crippen molar-refractivity contribution in [2.75, 3.05) is 6.54 Å². The Balaban J connectivity index is 2.08. The first kappa shape index (κ1) is 15.7. The van der Waals surface area contributed by atoms with Gasteiger partial charge >= 0.3 is 0 Å². The quantitative estimate of drug-likeness (QED) is 0.917. The third-order valence-corrected chi connectivity index (χ3v) is 5.33. The molecule has 2 aromatic rings. The molecule has 0 amide bonds. The number of nitrogens with zero attached hydrogens (tertiary/aromatic N) is 2. The van der Waals surface area contributed by atoms with E-state index in [1.54, 1.807) is 25.1 Å². The molecule has 0 aliphatic rings. The van der Waals surface area contributed by atoms with E-state index in [1.165, 1.54) is 0 Å². The summed E-state index contributed by atoms with van der Waals surface area (Å²) in [4.78, 5) is 0.338. The lowest BCUT2D eigenvalue weighted by molar-refractivity contribution is 0.581. The normalized spacial score (nSPS) is 11.8. The highest BCUT2D eigenvalue weighted by atomic mass is 32.2. The van der Waals surface area contributed by atoms with Crippen molar-refractivity contribution in [3.63, 3.8) is 0 Å². The van der Waals surface area contributed by atoms with E-state index < -0.39 is 10.0 Å². The van der Waals surface area contributed by atoms with Gasteiger partial charge < -0.3 is 0 Å². The maximum absolute atomic E-state index is 12.3. The molecular weight excluding hydrogens is 286 g/mol. The Bertz CT molecular complexity index is 748. The van der Waals surface area contributed by atoms with Gasteiger partial charge in [-0.1, -0.05) is 18.2 Å². The fourth-order valence-electron chi connectivity index (χ4n) is 2.43. The summed E-state index contributed by atoms with van der Waals surface area (Å²) in [5.41, 5.74) is 3.87. The van der Waals surface area contributed by atoms with Crippen molar-refractivity contribution in [2.45, 2.75) is 32.1 Å². The molecule has 0 radical (unpaired) electrons. The first-order chi connectivity index (χ1) is 9.83. The average Bonchev–Trinajstić information content (AvgIpc) is 2.65. The van der Waals surface area contributed by atoms with Gasteiger partial charge in [0.25, 0.3) is 0 Å². The topological polar surface area (TPSA) is 64.0 Å². The number of aromatic nitrogens is 2. The number of sulfonamides is 1. The van der Waals surface area contributed by atoms with E-state index in [9.17, 15) is 8.42 Å². The molecule has 0 spiro atoms. The minimum Gasteiger partial charge on any atom is -0.272 e. The predicted octanol–water partition coefficient (Wildman–Crippen LogP) is 1.87. The van der Waals surface area contributed by atoms with E-state index >= 15 is 0 Å². The molecule has 2 rings (SSSR count). The van der Waals surface area contributed by atoms with Crippen LogP contribution in [0.1, 0.15) is 22.5 Å². The summed E-state index contributed by atoms with van der Waals surface area (Å²) in [7, 11) is -1.57. The fraction of sp³-hybridized carbons (Fsp3) is 0.400. The Kier molecular flexibility index (Phi) is 4.49. The summed E-state index contributed by atoms with van der Waals surface area (Å²) in [6.07, 6.45) is 0.636. The van der Waals surface area contributed by atoms with Crippen molar-refractivity contribution in [1.29, 1.82) is 0 Å². The number of rotatable bonds is 5. The molecule has 0 unspecified atom stereocenters. The monoisotopic (exact) mass is 307 g/mol. The van der Waals surface area contributed by atoms with Gasteiger partial charge in [-0.25, -0.2) is 13.1 Å². The fourth-order valence-corrected chi connectivity index (χ4v) is 3.70. The smallest absolute Gasteiger partial charge is 0.240 e. The Labute approximate surface area is 126 Å². The molecule has 1 aromatic carbocycles. The van der Waals surface area contributed by atoms with Crippen LogP contribution in [-0.2, 0) is 23.5 Å². The van der Waals surface area contributed by atoms with Gasteiger partial charge in [0.1, 0.15) is 0 Å². The minimum atomic E-state index is -3.46. The van der Waals surface area contributed by atoms with Gasteiger partial charge in [0.15, 0.2) is 0 Å². The van der Waals surface area contributed by atoms with Crippen LogP contribution < -0.4 is 4.72 Å². The molecule has 0 fully saturated rings. The molecule has 1 aromatic heterocycles. The second-order valence-corrected chi connectivity index (χ2v) is 6.92. The largest absolute Gasteiger partial charge is 0.272 e. The highest BCUT2D eigenvalue weighted by Gasteiger charge is 2.16. The molecule has 21 heavy (non-hydrogen) atoms. The first-order valence-electron chi connectivity index (χ1n) is 6.87.